The van der Waals surface area contributed by atoms with Gasteiger partial charge in [0, 0.05) is 49.3 Å². The van der Waals surface area contributed by atoms with Crippen LogP contribution in [0.2, 0.25) is 10.0 Å². The summed E-state index contributed by atoms with van der Waals surface area (Å²) in [6.45, 7) is 4.27. The lowest BCUT2D eigenvalue weighted by molar-refractivity contribution is -0.128. The number of methoxy groups -OCH3 is 1. The Labute approximate surface area is 279 Å². The first-order chi connectivity index (χ1) is 22.4. The van der Waals surface area contributed by atoms with Crippen LogP contribution in [0.3, 0.4) is 0 Å². The van der Waals surface area contributed by atoms with Crippen LogP contribution < -0.4 is 15.4 Å². The van der Waals surface area contributed by atoms with E-state index in [2.05, 4.69) is 62.9 Å². The second kappa shape index (κ2) is 13.2. The smallest absolute Gasteiger partial charge is 0.252 e. The number of nitrogens with zero attached hydrogens (tertiary/aromatic N) is 3. The van der Waals surface area contributed by atoms with Gasteiger partial charge in [-0.05, 0) is 78.6 Å². The number of aromatic nitrogens is 2. The maximum Gasteiger partial charge on any atom is 0.252 e. The fourth-order valence-electron chi connectivity index (χ4n) is 6.65. The minimum atomic E-state index is -0.0259. The van der Waals surface area contributed by atoms with Crippen LogP contribution in [-0.4, -0.2) is 59.3 Å². The first kappa shape index (κ1) is 30.9. The zero-order chi connectivity index (χ0) is 31.8. The lowest BCUT2D eigenvalue weighted by atomic mass is 9.83. The second-order valence-electron chi connectivity index (χ2n) is 12.4. The van der Waals surface area contributed by atoms with Crippen molar-refractivity contribution < 1.29 is 14.1 Å². The van der Waals surface area contributed by atoms with Crippen LogP contribution in [0.4, 0.5) is 0 Å². The Morgan fingerprint density at radius 1 is 1.04 bits per heavy atom. The van der Waals surface area contributed by atoms with Crippen molar-refractivity contribution in [1.82, 2.24) is 25.7 Å². The van der Waals surface area contributed by atoms with Gasteiger partial charge in [0.05, 0.1) is 23.2 Å². The van der Waals surface area contributed by atoms with E-state index in [1.807, 2.05) is 24.3 Å². The minimum absolute atomic E-state index is 0.0259. The summed E-state index contributed by atoms with van der Waals surface area (Å²) < 4.78 is 11.1. The third-order valence-electron chi connectivity index (χ3n) is 9.33. The van der Waals surface area contributed by atoms with Crippen molar-refractivity contribution in [3.63, 3.8) is 0 Å². The molecule has 238 valence electrons. The van der Waals surface area contributed by atoms with Gasteiger partial charge in [0.2, 0.25) is 11.7 Å². The first-order valence-corrected chi connectivity index (χ1v) is 16.6. The Hall–Kier alpha value is -3.69. The summed E-state index contributed by atoms with van der Waals surface area (Å²) in [5.74, 6) is 1.95. The van der Waals surface area contributed by atoms with Gasteiger partial charge >= 0.3 is 0 Å². The number of benzene rings is 3. The van der Waals surface area contributed by atoms with Gasteiger partial charge in [0.1, 0.15) is 5.75 Å². The van der Waals surface area contributed by atoms with Crippen LogP contribution in [0, 0.1) is 6.92 Å². The second-order valence-corrected chi connectivity index (χ2v) is 13.2. The fraction of sp³-hybridized carbons (Fsp3) is 0.361. The number of fused-ring (bicyclic) bond motifs is 2. The molecule has 46 heavy (non-hydrogen) atoms. The zero-order valence-electron chi connectivity index (χ0n) is 26.0. The van der Waals surface area contributed by atoms with E-state index < -0.39 is 0 Å². The van der Waals surface area contributed by atoms with Crippen molar-refractivity contribution in [2.45, 2.75) is 63.7 Å². The van der Waals surface area contributed by atoms with Crippen LogP contribution in [0.1, 0.15) is 47.4 Å². The predicted octanol–water partition coefficient (Wildman–Crippen LogP) is 6.42. The summed E-state index contributed by atoms with van der Waals surface area (Å²) in [5.41, 5.74) is 7.16. The molecule has 0 radical (unpaired) electrons. The van der Waals surface area contributed by atoms with Gasteiger partial charge in [-0.15, -0.1) is 0 Å². The lowest BCUT2D eigenvalue weighted by Crippen LogP contribution is -2.60. The van der Waals surface area contributed by atoms with Crippen molar-refractivity contribution in [1.29, 1.82) is 0 Å². The molecule has 1 aliphatic carbocycles. The minimum Gasteiger partial charge on any atom is -0.496 e. The van der Waals surface area contributed by atoms with Crippen molar-refractivity contribution in [3.05, 3.63) is 104 Å². The van der Waals surface area contributed by atoms with E-state index in [0.717, 1.165) is 77.9 Å². The molecule has 3 heterocycles. The van der Waals surface area contributed by atoms with Crippen molar-refractivity contribution in [2.75, 3.05) is 20.2 Å². The zero-order valence-corrected chi connectivity index (χ0v) is 27.5. The Morgan fingerprint density at radius 2 is 1.85 bits per heavy atom. The van der Waals surface area contributed by atoms with Gasteiger partial charge < -0.3 is 24.8 Å². The average Bonchev–Trinajstić information content (AvgIpc) is 3.81. The van der Waals surface area contributed by atoms with Crippen LogP contribution in [0.5, 0.6) is 5.75 Å². The number of carbonyl (C=O) groups excluding carboxylic acids is 1. The molecule has 2 bridgehead atoms. The van der Waals surface area contributed by atoms with Gasteiger partial charge in [-0.1, -0.05) is 70.8 Å². The molecule has 7 rings (SSSR count). The number of amides is 1. The molecule has 0 unspecified atom stereocenters. The van der Waals surface area contributed by atoms with Crippen LogP contribution in [-0.2, 0) is 24.2 Å². The number of hydrogen-bond acceptors (Lipinski definition) is 7. The summed E-state index contributed by atoms with van der Waals surface area (Å²) in [6.07, 6.45) is 4.22. The average molecular weight is 659 g/mol. The maximum absolute atomic E-state index is 14.5. The van der Waals surface area contributed by atoms with Crippen LogP contribution in [0.15, 0.2) is 70.8 Å². The summed E-state index contributed by atoms with van der Waals surface area (Å²) in [4.78, 5) is 21.2. The monoisotopic (exact) mass is 657 g/mol. The van der Waals surface area contributed by atoms with Gasteiger partial charge in [0.15, 0.2) is 0 Å². The number of nitrogens with one attached hydrogen (secondary N) is 2. The van der Waals surface area contributed by atoms with E-state index in [9.17, 15) is 4.79 Å². The van der Waals surface area contributed by atoms with Crippen molar-refractivity contribution in [2.24, 2.45) is 0 Å². The number of carbonyl (C=O) groups is 1. The van der Waals surface area contributed by atoms with Gasteiger partial charge in [-0.3, -0.25) is 4.79 Å². The SMILES string of the molecule is COc1cccc(CN(C(=O)C2=C(c3ccc(CCc4nc(-c5cccc(Cl)c5Cl)no4)cc3)C[C@@H]3CNC[C@H]2N3)C2CC2)c1C. The Balaban J connectivity index is 1.12. The molecule has 2 atom stereocenters. The molecule has 10 heteroatoms. The molecule has 2 N–H and O–H groups in total. The summed E-state index contributed by atoms with van der Waals surface area (Å²) >= 11 is 12.5. The van der Waals surface area contributed by atoms with Crippen LogP contribution in [0.25, 0.3) is 17.0 Å². The first-order valence-electron chi connectivity index (χ1n) is 15.9. The highest BCUT2D eigenvalue weighted by Crippen LogP contribution is 2.37. The summed E-state index contributed by atoms with van der Waals surface area (Å²) in [6, 6.07) is 20.6. The number of hydrogen-bond donors (Lipinski definition) is 2. The maximum atomic E-state index is 14.5. The van der Waals surface area contributed by atoms with Gasteiger partial charge in [0.25, 0.3) is 5.91 Å². The third-order valence-corrected chi connectivity index (χ3v) is 10.1. The highest BCUT2D eigenvalue weighted by atomic mass is 35.5. The van der Waals surface area contributed by atoms with Crippen molar-refractivity contribution >= 4 is 34.7 Å². The quantitative estimate of drug-likeness (QED) is 0.203. The number of aryl methyl sites for hydroxylation is 2. The van der Waals surface area contributed by atoms with E-state index in [1.54, 1.807) is 13.2 Å². The molecule has 0 spiro atoms. The molecule has 1 saturated carbocycles. The molecule has 1 saturated heterocycles. The lowest BCUT2D eigenvalue weighted by Gasteiger charge is -2.41. The molecule has 1 amide bonds. The van der Waals surface area contributed by atoms with Gasteiger partial charge in [-0.2, -0.15) is 4.98 Å². The molecule has 2 aliphatic heterocycles. The van der Waals surface area contributed by atoms with Gasteiger partial charge in [-0.25, -0.2) is 0 Å². The van der Waals surface area contributed by atoms with E-state index in [0.29, 0.717) is 46.3 Å². The van der Waals surface area contributed by atoms with Crippen LogP contribution >= 0.6 is 23.2 Å². The summed E-state index contributed by atoms with van der Waals surface area (Å²) in [5, 5.41) is 12.2. The topological polar surface area (TPSA) is 92.5 Å². The van der Waals surface area contributed by atoms with E-state index in [1.165, 1.54) is 0 Å². The Morgan fingerprint density at radius 3 is 2.63 bits per heavy atom. The Bertz CT molecular complexity index is 1780. The molecule has 4 aromatic rings. The molecule has 2 fully saturated rings. The normalized spacial score (nSPS) is 19.3. The number of halogens is 2. The standard InChI is InChI=1S/C36H37Cl2N5O3/c1-21-24(5-3-8-31(21)45-2)20-43(26-14-15-26)36(44)33-28(17-25-18-39-19-30(33)40-25)23-12-9-22(10-13-23)11-16-32-41-35(42-46-32)27-6-4-7-29(37)34(27)38/h3-10,12-13,25-26,30,39-40H,11,14-20H2,1-2H3/t25-,30-/m1/s1. The number of rotatable bonds is 10. The summed E-state index contributed by atoms with van der Waals surface area (Å²) in [7, 11) is 1.69. The molecular weight excluding hydrogens is 621 g/mol. The molecule has 3 aromatic carbocycles. The molecule has 3 aliphatic rings. The highest BCUT2D eigenvalue weighted by molar-refractivity contribution is 6.43. The predicted molar refractivity (Wildman–Crippen MR) is 180 cm³/mol. The highest BCUT2D eigenvalue weighted by Gasteiger charge is 2.41. The van der Waals surface area contributed by atoms with E-state index in [-0.39, 0.29) is 18.0 Å². The fourth-order valence-corrected chi connectivity index (χ4v) is 7.03. The molecule has 1 aromatic heterocycles. The van der Waals surface area contributed by atoms with E-state index in [4.69, 9.17) is 32.5 Å². The number of piperazine rings is 1. The third kappa shape index (κ3) is 6.32. The van der Waals surface area contributed by atoms with E-state index >= 15 is 0 Å². The number of ether oxygens (including phenoxy) is 1. The largest absolute Gasteiger partial charge is 0.496 e. The molecular formula is C36H37Cl2N5O3. The molecule has 8 nitrogen and oxygen atoms in total. The Kier molecular flexibility index (Phi) is 8.88. The van der Waals surface area contributed by atoms with Crippen molar-refractivity contribution in [3.8, 4) is 17.1 Å².